The minimum absolute atomic E-state index is 0.130. The van der Waals surface area contributed by atoms with Crippen molar-refractivity contribution in [3.05, 3.63) is 28.2 Å². The zero-order valence-corrected chi connectivity index (χ0v) is 23.1. The van der Waals surface area contributed by atoms with Crippen LogP contribution in [0.3, 0.4) is 0 Å². The van der Waals surface area contributed by atoms with E-state index in [0.29, 0.717) is 13.1 Å². The van der Waals surface area contributed by atoms with E-state index in [0.717, 1.165) is 62.5 Å². The van der Waals surface area contributed by atoms with Crippen LogP contribution in [0.2, 0.25) is 0 Å². The molecule has 6 nitrogen and oxygen atoms in total. The number of piperidine rings is 1. The summed E-state index contributed by atoms with van der Waals surface area (Å²) in [6, 6.07) is 6.41. The van der Waals surface area contributed by atoms with E-state index in [1.54, 1.807) is 11.4 Å². The molecule has 0 aromatic heterocycles. The van der Waals surface area contributed by atoms with Crippen LogP contribution in [0, 0.1) is 11.8 Å². The standard InChI is InChI=1S/C26H42BrN3O3S/c1-33-25-10-11-26(27)23(20-25)19-22-12-17-29(18-13-22)14-4-5-21-6-8-24(9-7-21)28-34(31,32)30-15-2-3-16-30/h10-11,20-22,24,28H,2-9,12-19H2,1H3/t21-,24-. The second-order valence-electron chi connectivity index (χ2n) is 10.5. The number of nitrogens with zero attached hydrogens (tertiary/aromatic N) is 2. The Hall–Kier alpha value is -0.670. The van der Waals surface area contributed by atoms with Crippen molar-refractivity contribution in [1.82, 2.24) is 13.9 Å². The summed E-state index contributed by atoms with van der Waals surface area (Å²) in [5.74, 6) is 2.45. The third-order valence-electron chi connectivity index (χ3n) is 8.12. The number of nitrogens with one attached hydrogen (secondary N) is 1. The fourth-order valence-electron chi connectivity index (χ4n) is 5.95. The fourth-order valence-corrected chi connectivity index (χ4v) is 7.90. The van der Waals surface area contributed by atoms with Gasteiger partial charge in [0, 0.05) is 23.6 Å². The van der Waals surface area contributed by atoms with Gasteiger partial charge >= 0.3 is 0 Å². The van der Waals surface area contributed by atoms with E-state index in [2.05, 4.69) is 37.7 Å². The van der Waals surface area contributed by atoms with Crippen molar-refractivity contribution >= 4 is 26.1 Å². The maximum atomic E-state index is 12.5. The van der Waals surface area contributed by atoms with Crippen molar-refractivity contribution in [2.45, 2.75) is 76.7 Å². The first-order valence-electron chi connectivity index (χ1n) is 13.2. The van der Waals surface area contributed by atoms with Crippen LogP contribution in [0.1, 0.15) is 69.8 Å². The highest BCUT2D eigenvalue weighted by molar-refractivity contribution is 9.10. The monoisotopic (exact) mass is 555 g/mol. The van der Waals surface area contributed by atoms with E-state index in [9.17, 15) is 8.42 Å². The molecule has 1 aromatic rings. The SMILES string of the molecule is COc1ccc(Br)c(CC2CCN(CCC[C@H]3CC[C@H](NS(=O)(=O)N4CCCC4)CC3)CC2)c1. The van der Waals surface area contributed by atoms with Crippen molar-refractivity contribution < 1.29 is 13.2 Å². The first-order valence-corrected chi connectivity index (χ1v) is 15.5. The van der Waals surface area contributed by atoms with Crippen molar-refractivity contribution in [3.63, 3.8) is 0 Å². The number of hydrogen-bond donors (Lipinski definition) is 1. The summed E-state index contributed by atoms with van der Waals surface area (Å²) in [4.78, 5) is 2.65. The molecule has 3 fully saturated rings. The molecule has 1 saturated carbocycles. The average Bonchev–Trinajstić information content (AvgIpc) is 3.39. The van der Waals surface area contributed by atoms with E-state index in [4.69, 9.17) is 4.74 Å². The highest BCUT2D eigenvalue weighted by Crippen LogP contribution is 2.31. The lowest BCUT2D eigenvalue weighted by atomic mass is 9.83. The van der Waals surface area contributed by atoms with Gasteiger partial charge in [-0.1, -0.05) is 15.9 Å². The van der Waals surface area contributed by atoms with Gasteiger partial charge in [0.2, 0.25) is 0 Å². The van der Waals surface area contributed by atoms with Gasteiger partial charge in [-0.2, -0.15) is 17.4 Å². The average molecular weight is 557 g/mol. The van der Waals surface area contributed by atoms with Crippen molar-refractivity contribution in [3.8, 4) is 5.75 Å². The first kappa shape index (κ1) is 26.4. The summed E-state index contributed by atoms with van der Waals surface area (Å²) in [6.45, 7) is 4.98. The summed E-state index contributed by atoms with van der Waals surface area (Å²) in [6.07, 6.45) is 12.5. The lowest BCUT2D eigenvalue weighted by Gasteiger charge is -2.33. The minimum Gasteiger partial charge on any atom is -0.497 e. The Bertz CT molecular complexity index is 875. The molecule has 34 heavy (non-hydrogen) atoms. The Morgan fingerprint density at radius 1 is 1.00 bits per heavy atom. The van der Waals surface area contributed by atoms with Crippen LogP contribution in [0.15, 0.2) is 22.7 Å². The van der Waals surface area contributed by atoms with Crippen LogP contribution in [0.5, 0.6) is 5.75 Å². The molecule has 0 bridgehead atoms. The summed E-state index contributed by atoms with van der Waals surface area (Å²) >= 11 is 3.70. The molecule has 0 amide bonds. The lowest BCUT2D eigenvalue weighted by Crippen LogP contribution is -2.45. The molecule has 0 radical (unpaired) electrons. The third-order valence-corrected chi connectivity index (χ3v) is 10.6. The van der Waals surface area contributed by atoms with Crippen LogP contribution in [-0.2, 0) is 16.6 Å². The zero-order chi connectivity index (χ0) is 24.0. The quantitative estimate of drug-likeness (QED) is 0.442. The summed E-state index contributed by atoms with van der Waals surface area (Å²) < 4.78 is 36.2. The van der Waals surface area contributed by atoms with Gasteiger partial charge in [0.1, 0.15) is 5.75 Å². The molecule has 2 aliphatic heterocycles. The molecular formula is C26H42BrN3O3S. The van der Waals surface area contributed by atoms with Crippen LogP contribution in [-0.4, -0.2) is 63.5 Å². The first-order chi connectivity index (χ1) is 16.4. The van der Waals surface area contributed by atoms with Gasteiger partial charge in [0.25, 0.3) is 10.2 Å². The molecule has 192 valence electrons. The molecule has 1 N–H and O–H groups in total. The van der Waals surface area contributed by atoms with Crippen LogP contribution >= 0.6 is 15.9 Å². The van der Waals surface area contributed by atoms with E-state index in [1.165, 1.54) is 55.4 Å². The Labute approximate surface area is 215 Å². The van der Waals surface area contributed by atoms with Crippen LogP contribution < -0.4 is 9.46 Å². The number of rotatable bonds is 10. The maximum Gasteiger partial charge on any atom is 0.279 e. The second-order valence-corrected chi connectivity index (χ2v) is 13.1. The molecule has 1 aliphatic carbocycles. The van der Waals surface area contributed by atoms with Gasteiger partial charge in [-0.05, 0) is 126 Å². The predicted octanol–water partition coefficient (Wildman–Crippen LogP) is 4.98. The fraction of sp³-hybridized carbons (Fsp3) is 0.769. The molecule has 0 unspecified atom stereocenters. The molecule has 3 aliphatic rings. The Morgan fingerprint density at radius 2 is 1.71 bits per heavy atom. The zero-order valence-electron chi connectivity index (χ0n) is 20.7. The Balaban J connectivity index is 1.10. The van der Waals surface area contributed by atoms with Crippen molar-refractivity contribution in [2.75, 3.05) is 39.8 Å². The predicted molar refractivity (Wildman–Crippen MR) is 141 cm³/mol. The molecule has 0 atom stereocenters. The molecule has 1 aromatic carbocycles. The molecule has 2 heterocycles. The van der Waals surface area contributed by atoms with Gasteiger partial charge in [-0.15, -0.1) is 0 Å². The van der Waals surface area contributed by atoms with E-state index >= 15 is 0 Å². The molecule has 8 heteroatoms. The number of likely N-dealkylation sites (tertiary alicyclic amines) is 1. The maximum absolute atomic E-state index is 12.5. The molecule has 4 rings (SSSR count). The smallest absolute Gasteiger partial charge is 0.279 e. The second kappa shape index (κ2) is 12.5. The van der Waals surface area contributed by atoms with Gasteiger partial charge in [-0.25, -0.2) is 0 Å². The summed E-state index contributed by atoms with van der Waals surface area (Å²) in [5.41, 5.74) is 1.36. The lowest BCUT2D eigenvalue weighted by molar-refractivity contribution is 0.174. The number of methoxy groups -OCH3 is 1. The summed E-state index contributed by atoms with van der Waals surface area (Å²) in [5, 5.41) is 0. The number of benzene rings is 1. The normalized spacial score (nSPS) is 25.6. The van der Waals surface area contributed by atoms with Gasteiger partial charge in [0.15, 0.2) is 0 Å². The largest absolute Gasteiger partial charge is 0.497 e. The van der Waals surface area contributed by atoms with E-state index in [1.807, 2.05) is 6.07 Å². The highest BCUT2D eigenvalue weighted by atomic mass is 79.9. The highest BCUT2D eigenvalue weighted by Gasteiger charge is 2.30. The molecule has 2 saturated heterocycles. The molecule has 0 spiro atoms. The topological polar surface area (TPSA) is 61.9 Å². The Morgan fingerprint density at radius 3 is 2.38 bits per heavy atom. The molecular weight excluding hydrogens is 514 g/mol. The van der Waals surface area contributed by atoms with Crippen molar-refractivity contribution in [1.29, 1.82) is 0 Å². The van der Waals surface area contributed by atoms with Gasteiger partial charge < -0.3 is 9.64 Å². The van der Waals surface area contributed by atoms with E-state index < -0.39 is 10.2 Å². The Kier molecular flexibility index (Phi) is 9.73. The van der Waals surface area contributed by atoms with Gasteiger partial charge in [0.05, 0.1) is 7.11 Å². The number of ether oxygens (including phenoxy) is 1. The van der Waals surface area contributed by atoms with Crippen LogP contribution in [0.4, 0.5) is 0 Å². The van der Waals surface area contributed by atoms with Crippen molar-refractivity contribution in [2.24, 2.45) is 11.8 Å². The number of hydrogen-bond acceptors (Lipinski definition) is 4. The number of halogens is 1. The summed E-state index contributed by atoms with van der Waals surface area (Å²) in [7, 11) is -1.54. The minimum atomic E-state index is -3.27. The van der Waals surface area contributed by atoms with E-state index in [-0.39, 0.29) is 6.04 Å². The third kappa shape index (κ3) is 7.42. The van der Waals surface area contributed by atoms with Gasteiger partial charge in [-0.3, -0.25) is 0 Å². The van der Waals surface area contributed by atoms with Crippen LogP contribution in [0.25, 0.3) is 0 Å².